The van der Waals surface area contributed by atoms with E-state index in [1.807, 2.05) is 13.8 Å². The van der Waals surface area contributed by atoms with Crippen molar-refractivity contribution in [3.05, 3.63) is 11.8 Å². The molecule has 1 amide bonds. The van der Waals surface area contributed by atoms with Crippen LogP contribution in [0.5, 0.6) is 0 Å². The number of rotatable bonds is 3. The Bertz CT molecular complexity index is 332. The molecular formula is C9H16N4O. The molecular weight excluding hydrogens is 180 g/mol. The predicted molar refractivity (Wildman–Crippen MR) is 54.9 cm³/mol. The first-order valence-electron chi connectivity index (χ1n) is 4.68. The van der Waals surface area contributed by atoms with E-state index in [0.29, 0.717) is 24.5 Å². The maximum absolute atomic E-state index is 11.7. The van der Waals surface area contributed by atoms with Gasteiger partial charge in [-0.1, -0.05) is 0 Å². The molecule has 0 radical (unpaired) electrons. The number of anilines is 1. The molecule has 0 spiro atoms. The van der Waals surface area contributed by atoms with Crippen LogP contribution in [0.15, 0.2) is 6.20 Å². The van der Waals surface area contributed by atoms with Gasteiger partial charge in [-0.05, 0) is 13.8 Å². The molecule has 0 saturated heterocycles. The number of carbonyl (C=O) groups is 1. The smallest absolute Gasteiger partial charge is 0.258 e. The third-order valence-electron chi connectivity index (χ3n) is 2.17. The summed E-state index contributed by atoms with van der Waals surface area (Å²) in [6, 6.07) is 0. The van der Waals surface area contributed by atoms with Crippen molar-refractivity contribution in [2.24, 2.45) is 0 Å². The molecule has 14 heavy (non-hydrogen) atoms. The van der Waals surface area contributed by atoms with Gasteiger partial charge in [-0.2, -0.15) is 5.10 Å². The molecule has 0 atom stereocenters. The first-order chi connectivity index (χ1) is 6.60. The standard InChI is InChI=1S/C9H16N4O/c1-4-12(3)9(14)7-6-13(5-2)11-8(7)10/h6H,4-5H2,1-3H3,(H2,10,11). The number of nitrogens with two attached hydrogens (primary N) is 1. The zero-order chi connectivity index (χ0) is 10.7. The van der Waals surface area contributed by atoms with Crippen LogP contribution in [0.2, 0.25) is 0 Å². The predicted octanol–water partition coefficient (Wildman–Crippen LogP) is 0.577. The molecule has 0 aliphatic heterocycles. The second-order valence-corrected chi connectivity index (χ2v) is 3.10. The van der Waals surface area contributed by atoms with Gasteiger partial charge in [-0.3, -0.25) is 9.48 Å². The molecule has 0 unspecified atom stereocenters. The number of nitrogen functional groups attached to an aromatic ring is 1. The molecule has 0 bridgehead atoms. The van der Waals surface area contributed by atoms with Gasteiger partial charge in [0.1, 0.15) is 5.56 Å². The van der Waals surface area contributed by atoms with Gasteiger partial charge in [0.2, 0.25) is 0 Å². The summed E-state index contributed by atoms with van der Waals surface area (Å²) < 4.78 is 1.66. The van der Waals surface area contributed by atoms with Gasteiger partial charge in [0.15, 0.2) is 5.82 Å². The zero-order valence-corrected chi connectivity index (χ0v) is 8.82. The van der Waals surface area contributed by atoms with Gasteiger partial charge in [-0.15, -0.1) is 0 Å². The number of aromatic nitrogens is 2. The Morgan fingerprint density at radius 1 is 1.64 bits per heavy atom. The van der Waals surface area contributed by atoms with Crippen molar-refractivity contribution in [3.63, 3.8) is 0 Å². The average molecular weight is 196 g/mol. The minimum absolute atomic E-state index is 0.0790. The second-order valence-electron chi connectivity index (χ2n) is 3.10. The molecule has 0 saturated carbocycles. The summed E-state index contributed by atoms with van der Waals surface area (Å²) in [6.45, 7) is 5.24. The lowest BCUT2D eigenvalue weighted by atomic mass is 10.3. The van der Waals surface area contributed by atoms with Crippen LogP contribution in [0.3, 0.4) is 0 Å². The molecule has 1 aromatic rings. The molecule has 0 fully saturated rings. The Hall–Kier alpha value is -1.52. The summed E-state index contributed by atoms with van der Waals surface area (Å²) in [4.78, 5) is 13.3. The summed E-state index contributed by atoms with van der Waals surface area (Å²) in [5.41, 5.74) is 6.11. The molecule has 1 rings (SSSR count). The summed E-state index contributed by atoms with van der Waals surface area (Å²) in [6.07, 6.45) is 1.68. The van der Waals surface area contributed by atoms with Crippen molar-refractivity contribution in [2.45, 2.75) is 20.4 Å². The van der Waals surface area contributed by atoms with Crippen LogP contribution in [0.25, 0.3) is 0 Å². The van der Waals surface area contributed by atoms with Crippen LogP contribution in [0.4, 0.5) is 5.82 Å². The van der Waals surface area contributed by atoms with Crippen LogP contribution >= 0.6 is 0 Å². The highest BCUT2D eigenvalue weighted by molar-refractivity contribution is 5.97. The quantitative estimate of drug-likeness (QED) is 0.769. The van der Waals surface area contributed by atoms with Gasteiger partial charge in [0.25, 0.3) is 5.91 Å². The molecule has 78 valence electrons. The maximum atomic E-state index is 11.7. The third-order valence-corrected chi connectivity index (χ3v) is 2.17. The van der Waals surface area contributed by atoms with E-state index in [9.17, 15) is 4.79 Å². The molecule has 0 aliphatic rings. The number of carbonyl (C=O) groups excluding carboxylic acids is 1. The SMILES string of the molecule is CCN(C)C(=O)c1cn(CC)nc1N. The van der Waals surface area contributed by atoms with Crippen LogP contribution < -0.4 is 5.73 Å². The van der Waals surface area contributed by atoms with Crippen LogP contribution in [0.1, 0.15) is 24.2 Å². The van der Waals surface area contributed by atoms with Crippen molar-refractivity contribution < 1.29 is 4.79 Å². The number of amides is 1. The van der Waals surface area contributed by atoms with Crippen LogP contribution in [0, 0.1) is 0 Å². The highest BCUT2D eigenvalue weighted by Crippen LogP contribution is 2.11. The van der Waals surface area contributed by atoms with Crippen molar-refractivity contribution in [1.29, 1.82) is 0 Å². The molecule has 5 heteroatoms. The Kier molecular flexibility index (Phi) is 3.11. The fourth-order valence-electron chi connectivity index (χ4n) is 1.11. The molecule has 0 aliphatic carbocycles. The Morgan fingerprint density at radius 2 is 2.29 bits per heavy atom. The Labute approximate surface area is 83.5 Å². The Morgan fingerprint density at radius 3 is 2.71 bits per heavy atom. The maximum Gasteiger partial charge on any atom is 0.258 e. The van der Waals surface area contributed by atoms with E-state index in [2.05, 4.69) is 5.10 Å². The molecule has 2 N–H and O–H groups in total. The van der Waals surface area contributed by atoms with E-state index in [1.165, 1.54) is 0 Å². The fraction of sp³-hybridized carbons (Fsp3) is 0.556. The minimum Gasteiger partial charge on any atom is -0.382 e. The van der Waals surface area contributed by atoms with Gasteiger partial charge in [0, 0.05) is 26.3 Å². The summed E-state index contributed by atoms with van der Waals surface area (Å²) in [5, 5.41) is 4.01. The van der Waals surface area contributed by atoms with E-state index >= 15 is 0 Å². The summed E-state index contributed by atoms with van der Waals surface area (Å²) in [5.74, 6) is 0.224. The topological polar surface area (TPSA) is 64.2 Å². The lowest BCUT2D eigenvalue weighted by molar-refractivity contribution is 0.0803. The lowest BCUT2D eigenvalue weighted by Gasteiger charge is -2.12. The summed E-state index contributed by atoms with van der Waals surface area (Å²) >= 11 is 0. The van der Waals surface area contributed by atoms with E-state index in [4.69, 9.17) is 5.73 Å². The first kappa shape index (κ1) is 10.6. The van der Waals surface area contributed by atoms with Crippen molar-refractivity contribution in [1.82, 2.24) is 14.7 Å². The number of aryl methyl sites for hydroxylation is 1. The van der Waals surface area contributed by atoms with E-state index in [0.717, 1.165) is 0 Å². The Balaban J connectivity index is 2.94. The normalized spacial score (nSPS) is 10.2. The van der Waals surface area contributed by atoms with E-state index in [1.54, 1.807) is 22.8 Å². The molecule has 5 nitrogen and oxygen atoms in total. The van der Waals surface area contributed by atoms with Crippen LogP contribution in [-0.4, -0.2) is 34.2 Å². The van der Waals surface area contributed by atoms with Gasteiger partial charge >= 0.3 is 0 Å². The first-order valence-corrected chi connectivity index (χ1v) is 4.68. The van der Waals surface area contributed by atoms with Gasteiger partial charge < -0.3 is 10.6 Å². The monoisotopic (exact) mass is 196 g/mol. The fourth-order valence-corrected chi connectivity index (χ4v) is 1.11. The number of hydrogen-bond donors (Lipinski definition) is 1. The average Bonchev–Trinajstić information content (AvgIpc) is 2.57. The van der Waals surface area contributed by atoms with E-state index < -0.39 is 0 Å². The third kappa shape index (κ3) is 1.86. The highest BCUT2D eigenvalue weighted by atomic mass is 16.2. The largest absolute Gasteiger partial charge is 0.382 e. The molecule has 1 heterocycles. The highest BCUT2D eigenvalue weighted by Gasteiger charge is 2.16. The molecule has 1 aromatic heterocycles. The van der Waals surface area contributed by atoms with E-state index in [-0.39, 0.29) is 5.91 Å². The van der Waals surface area contributed by atoms with Gasteiger partial charge in [-0.25, -0.2) is 0 Å². The van der Waals surface area contributed by atoms with Crippen molar-refractivity contribution >= 4 is 11.7 Å². The number of hydrogen-bond acceptors (Lipinski definition) is 3. The second kappa shape index (κ2) is 4.13. The minimum atomic E-state index is -0.0790. The summed E-state index contributed by atoms with van der Waals surface area (Å²) in [7, 11) is 1.74. The van der Waals surface area contributed by atoms with Crippen molar-refractivity contribution in [2.75, 3.05) is 19.3 Å². The van der Waals surface area contributed by atoms with Crippen molar-refractivity contribution in [3.8, 4) is 0 Å². The lowest BCUT2D eigenvalue weighted by Crippen LogP contribution is -2.26. The molecule has 0 aromatic carbocycles. The number of nitrogens with zero attached hydrogens (tertiary/aromatic N) is 3. The van der Waals surface area contributed by atoms with Gasteiger partial charge in [0.05, 0.1) is 0 Å². The van der Waals surface area contributed by atoms with Crippen LogP contribution in [-0.2, 0) is 6.54 Å². The zero-order valence-electron chi connectivity index (χ0n) is 8.82.